The second kappa shape index (κ2) is 3.66. The molecule has 0 spiro atoms. The van der Waals surface area contributed by atoms with Crippen LogP contribution in [0.3, 0.4) is 0 Å². The second-order valence-electron chi connectivity index (χ2n) is 3.37. The smallest absolute Gasteiger partial charge is 0.160 e. The van der Waals surface area contributed by atoms with Crippen LogP contribution in [-0.2, 0) is 6.42 Å². The number of fused-ring (bicyclic) bond motifs is 1. The summed E-state index contributed by atoms with van der Waals surface area (Å²) in [6, 6.07) is 7.93. The summed E-state index contributed by atoms with van der Waals surface area (Å²) in [6.45, 7) is 2.09. The topological polar surface area (TPSA) is 48.8 Å². The molecule has 3 nitrogen and oxygen atoms in total. The molecule has 0 radical (unpaired) electrons. The van der Waals surface area contributed by atoms with E-state index in [1.54, 1.807) is 13.2 Å². The molecule has 1 heterocycles. The van der Waals surface area contributed by atoms with Crippen molar-refractivity contribution in [1.82, 2.24) is 4.98 Å². The number of nitriles is 1. The minimum Gasteiger partial charge on any atom is -0.493 e. The number of hydrogen-bond acceptors (Lipinski definition) is 2. The van der Waals surface area contributed by atoms with E-state index in [2.05, 4.69) is 24.0 Å². The summed E-state index contributed by atoms with van der Waals surface area (Å²) in [4.78, 5) is 3.26. The van der Waals surface area contributed by atoms with Crippen LogP contribution in [0.5, 0.6) is 5.75 Å². The molecule has 0 aliphatic heterocycles. The number of aromatic amines is 1. The quantitative estimate of drug-likeness (QED) is 0.810. The summed E-state index contributed by atoms with van der Waals surface area (Å²) < 4.78 is 5.25. The van der Waals surface area contributed by atoms with E-state index in [-0.39, 0.29) is 0 Å². The Morgan fingerprint density at radius 3 is 2.87 bits per heavy atom. The van der Waals surface area contributed by atoms with Gasteiger partial charge >= 0.3 is 0 Å². The van der Waals surface area contributed by atoms with E-state index in [0.29, 0.717) is 11.3 Å². The zero-order chi connectivity index (χ0) is 10.8. The Kier molecular flexibility index (Phi) is 2.34. The van der Waals surface area contributed by atoms with Gasteiger partial charge in [-0.25, -0.2) is 0 Å². The largest absolute Gasteiger partial charge is 0.493 e. The van der Waals surface area contributed by atoms with Gasteiger partial charge in [0.15, 0.2) is 5.75 Å². The lowest BCUT2D eigenvalue weighted by Gasteiger charge is -2.03. The minimum absolute atomic E-state index is 0.564. The molecule has 0 bridgehead atoms. The third-order valence-corrected chi connectivity index (χ3v) is 2.51. The maximum absolute atomic E-state index is 8.93. The predicted octanol–water partition coefficient (Wildman–Crippen LogP) is 2.61. The van der Waals surface area contributed by atoms with Crippen molar-refractivity contribution < 1.29 is 4.74 Å². The van der Waals surface area contributed by atoms with Crippen molar-refractivity contribution in [2.45, 2.75) is 13.3 Å². The molecule has 1 aromatic carbocycles. The van der Waals surface area contributed by atoms with Gasteiger partial charge in [-0.15, -0.1) is 0 Å². The summed E-state index contributed by atoms with van der Waals surface area (Å²) in [6.07, 6.45) is 0.944. The van der Waals surface area contributed by atoms with Crippen LogP contribution in [-0.4, -0.2) is 12.1 Å². The molecular weight excluding hydrogens is 188 g/mol. The van der Waals surface area contributed by atoms with E-state index in [9.17, 15) is 0 Å². The van der Waals surface area contributed by atoms with Gasteiger partial charge in [-0.05, 0) is 18.6 Å². The van der Waals surface area contributed by atoms with Crippen molar-refractivity contribution in [2.24, 2.45) is 0 Å². The summed E-state index contributed by atoms with van der Waals surface area (Å²) in [5.74, 6) is 0.634. The zero-order valence-electron chi connectivity index (χ0n) is 8.79. The number of aryl methyl sites for hydroxylation is 1. The lowest BCUT2D eigenvalue weighted by Crippen LogP contribution is -1.89. The Hall–Kier alpha value is -1.95. The van der Waals surface area contributed by atoms with E-state index < -0.39 is 0 Å². The van der Waals surface area contributed by atoms with Gasteiger partial charge in [-0.1, -0.05) is 13.0 Å². The number of rotatable bonds is 2. The molecule has 0 atom stereocenters. The molecule has 15 heavy (non-hydrogen) atoms. The van der Waals surface area contributed by atoms with Gasteiger partial charge in [0.2, 0.25) is 0 Å². The molecule has 0 aliphatic rings. The maximum atomic E-state index is 8.93. The van der Waals surface area contributed by atoms with Crippen molar-refractivity contribution >= 4 is 10.9 Å². The van der Waals surface area contributed by atoms with E-state index >= 15 is 0 Å². The SMILES string of the molecule is CCc1cc2ccc(C#N)c(OC)c2[nH]1. The predicted molar refractivity (Wildman–Crippen MR) is 58.9 cm³/mol. The average molecular weight is 200 g/mol. The van der Waals surface area contributed by atoms with Gasteiger partial charge in [0.25, 0.3) is 0 Å². The molecule has 0 saturated carbocycles. The third kappa shape index (κ3) is 1.44. The van der Waals surface area contributed by atoms with Crippen LogP contribution in [0.15, 0.2) is 18.2 Å². The van der Waals surface area contributed by atoms with Crippen molar-refractivity contribution in [2.75, 3.05) is 7.11 Å². The van der Waals surface area contributed by atoms with Crippen molar-refractivity contribution in [3.05, 3.63) is 29.5 Å². The van der Waals surface area contributed by atoms with E-state index in [0.717, 1.165) is 23.0 Å². The fourth-order valence-corrected chi connectivity index (χ4v) is 1.72. The summed E-state index contributed by atoms with van der Waals surface area (Å²) in [5, 5.41) is 10.0. The number of nitrogens with one attached hydrogen (secondary N) is 1. The Labute approximate surface area is 88.3 Å². The summed E-state index contributed by atoms with van der Waals surface area (Å²) >= 11 is 0. The zero-order valence-corrected chi connectivity index (χ0v) is 8.79. The molecule has 3 heteroatoms. The normalized spacial score (nSPS) is 10.2. The van der Waals surface area contributed by atoms with Gasteiger partial charge in [-0.2, -0.15) is 5.26 Å². The second-order valence-corrected chi connectivity index (χ2v) is 3.37. The molecule has 2 rings (SSSR count). The Morgan fingerprint density at radius 1 is 1.47 bits per heavy atom. The molecule has 0 unspecified atom stereocenters. The van der Waals surface area contributed by atoms with Crippen molar-refractivity contribution in [3.63, 3.8) is 0 Å². The van der Waals surface area contributed by atoms with Gasteiger partial charge in [0.1, 0.15) is 6.07 Å². The fourth-order valence-electron chi connectivity index (χ4n) is 1.72. The lowest BCUT2D eigenvalue weighted by atomic mass is 10.1. The molecule has 1 N–H and O–H groups in total. The number of benzene rings is 1. The molecular formula is C12H12N2O. The van der Waals surface area contributed by atoms with Crippen LogP contribution in [0.25, 0.3) is 10.9 Å². The molecule has 2 aromatic rings. The van der Waals surface area contributed by atoms with E-state index in [1.165, 1.54) is 0 Å². The third-order valence-electron chi connectivity index (χ3n) is 2.51. The van der Waals surface area contributed by atoms with Crippen LogP contribution in [0.4, 0.5) is 0 Å². The molecule has 1 aromatic heterocycles. The van der Waals surface area contributed by atoms with Gasteiger partial charge in [-0.3, -0.25) is 0 Å². The first-order valence-corrected chi connectivity index (χ1v) is 4.88. The molecule has 0 fully saturated rings. The van der Waals surface area contributed by atoms with Crippen LogP contribution < -0.4 is 4.74 Å². The Morgan fingerprint density at radius 2 is 2.27 bits per heavy atom. The molecule has 0 aliphatic carbocycles. The number of methoxy groups -OCH3 is 1. The summed E-state index contributed by atoms with van der Waals surface area (Å²) in [7, 11) is 1.59. The number of ether oxygens (including phenoxy) is 1. The number of hydrogen-bond donors (Lipinski definition) is 1. The first kappa shape index (κ1) is 9.60. The molecule has 0 saturated heterocycles. The van der Waals surface area contributed by atoms with Gasteiger partial charge < -0.3 is 9.72 Å². The first-order chi connectivity index (χ1) is 7.30. The number of H-pyrrole nitrogens is 1. The highest BCUT2D eigenvalue weighted by atomic mass is 16.5. The summed E-state index contributed by atoms with van der Waals surface area (Å²) in [5.41, 5.74) is 2.63. The standard InChI is InChI=1S/C12H12N2O/c1-3-10-6-8-4-5-9(7-13)12(15-2)11(8)14-10/h4-6,14H,3H2,1-2H3. The Balaban J connectivity index is 2.76. The van der Waals surface area contributed by atoms with Gasteiger partial charge in [0, 0.05) is 11.1 Å². The van der Waals surface area contributed by atoms with Crippen LogP contribution >= 0.6 is 0 Å². The van der Waals surface area contributed by atoms with Crippen LogP contribution in [0, 0.1) is 11.3 Å². The molecule has 0 amide bonds. The monoisotopic (exact) mass is 200 g/mol. The highest BCUT2D eigenvalue weighted by molar-refractivity contribution is 5.88. The van der Waals surface area contributed by atoms with Crippen molar-refractivity contribution in [1.29, 1.82) is 5.26 Å². The van der Waals surface area contributed by atoms with E-state index in [4.69, 9.17) is 10.00 Å². The molecule has 76 valence electrons. The minimum atomic E-state index is 0.564. The van der Waals surface area contributed by atoms with E-state index in [1.807, 2.05) is 6.07 Å². The lowest BCUT2D eigenvalue weighted by molar-refractivity contribution is 0.417. The first-order valence-electron chi connectivity index (χ1n) is 4.88. The van der Waals surface area contributed by atoms with Crippen molar-refractivity contribution in [3.8, 4) is 11.8 Å². The van der Waals surface area contributed by atoms with Crippen LogP contribution in [0.1, 0.15) is 18.2 Å². The highest BCUT2D eigenvalue weighted by Crippen LogP contribution is 2.29. The number of aromatic nitrogens is 1. The fraction of sp³-hybridized carbons (Fsp3) is 0.250. The van der Waals surface area contributed by atoms with Gasteiger partial charge in [0.05, 0.1) is 18.2 Å². The van der Waals surface area contributed by atoms with Crippen LogP contribution in [0.2, 0.25) is 0 Å². The Bertz CT molecular complexity index is 534. The average Bonchev–Trinajstić information content (AvgIpc) is 2.70. The highest BCUT2D eigenvalue weighted by Gasteiger charge is 2.09. The number of nitrogens with zero attached hydrogens (tertiary/aromatic N) is 1. The maximum Gasteiger partial charge on any atom is 0.160 e.